The molecule has 0 saturated heterocycles. The van der Waals surface area contributed by atoms with Crippen LogP contribution in [0.25, 0.3) is 11.0 Å². The molecule has 2 heterocycles. The van der Waals surface area contributed by atoms with Crippen molar-refractivity contribution in [2.45, 2.75) is 26.9 Å². The van der Waals surface area contributed by atoms with Gasteiger partial charge in [0.1, 0.15) is 5.82 Å². The first-order valence-corrected chi connectivity index (χ1v) is 8.94. The highest BCUT2D eigenvalue weighted by molar-refractivity contribution is 5.91. The molecule has 5 nitrogen and oxygen atoms in total. The molecule has 4 aromatic rings. The molecule has 0 aliphatic carbocycles. The van der Waals surface area contributed by atoms with Crippen LogP contribution in [0.5, 0.6) is 0 Å². The fourth-order valence-electron chi connectivity index (χ4n) is 3.23. The Morgan fingerprint density at radius 3 is 2.78 bits per heavy atom. The minimum atomic E-state index is -0.245. The molecule has 27 heavy (non-hydrogen) atoms. The lowest BCUT2D eigenvalue weighted by Gasteiger charge is -2.13. The van der Waals surface area contributed by atoms with Gasteiger partial charge in [-0.25, -0.2) is 4.98 Å². The van der Waals surface area contributed by atoms with E-state index >= 15 is 0 Å². The van der Waals surface area contributed by atoms with E-state index in [1.165, 1.54) is 23.0 Å². The number of benzene rings is 2. The normalized spacial score (nSPS) is 11.0. The molecule has 0 bridgehead atoms. The second-order valence-corrected chi connectivity index (χ2v) is 6.69. The Balaban J connectivity index is 1.67. The van der Waals surface area contributed by atoms with E-state index in [9.17, 15) is 4.79 Å². The quantitative estimate of drug-likeness (QED) is 0.580. The number of hydrogen-bond acceptors (Lipinski definition) is 3. The van der Waals surface area contributed by atoms with E-state index < -0.39 is 0 Å². The first-order valence-electron chi connectivity index (χ1n) is 8.94. The average Bonchev–Trinajstić information content (AvgIpc) is 3.31. The zero-order valence-electron chi connectivity index (χ0n) is 15.4. The Kier molecular flexibility index (Phi) is 4.50. The molecule has 136 valence electrons. The predicted molar refractivity (Wildman–Crippen MR) is 105 cm³/mol. The van der Waals surface area contributed by atoms with E-state index in [-0.39, 0.29) is 5.91 Å². The van der Waals surface area contributed by atoms with Crippen LogP contribution in [0.3, 0.4) is 0 Å². The van der Waals surface area contributed by atoms with E-state index in [0.717, 1.165) is 16.9 Å². The number of para-hydroxylation sites is 2. The van der Waals surface area contributed by atoms with Gasteiger partial charge in [0.15, 0.2) is 5.76 Å². The van der Waals surface area contributed by atoms with Crippen LogP contribution < -0.4 is 5.32 Å². The van der Waals surface area contributed by atoms with E-state index in [4.69, 9.17) is 9.40 Å². The summed E-state index contributed by atoms with van der Waals surface area (Å²) in [6, 6.07) is 17.8. The summed E-state index contributed by atoms with van der Waals surface area (Å²) < 4.78 is 7.32. The molecule has 1 amide bonds. The fourth-order valence-corrected chi connectivity index (χ4v) is 3.23. The first kappa shape index (κ1) is 17.1. The number of rotatable bonds is 5. The number of fused-ring (bicyclic) bond motifs is 1. The molecule has 0 aliphatic heterocycles. The Labute approximate surface area is 157 Å². The fraction of sp³-hybridized carbons (Fsp3) is 0.182. The molecular weight excluding hydrogens is 338 g/mol. The Morgan fingerprint density at radius 1 is 1.11 bits per heavy atom. The van der Waals surface area contributed by atoms with Gasteiger partial charge in [-0.15, -0.1) is 0 Å². The predicted octanol–water partition coefficient (Wildman–Crippen LogP) is 4.22. The lowest BCUT2D eigenvalue weighted by molar-refractivity contribution is 0.0922. The summed E-state index contributed by atoms with van der Waals surface area (Å²) in [4.78, 5) is 17.0. The van der Waals surface area contributed by atoms with E-state index in [1.807, 2.05) is 18.2 Å². The highest BCUT2D eigenvalue weighted by Crippen LogP contribution is 2.20. The molecule has 0 radical (unpaired) electrons. The number of aryl methyl sites for hydroxylation is 2. The summed E-state index contributed by atoms with van der Waals surface area (Å²) in [5.74, 6) is 0.870. The van der Waals surface area contributed by atoms with Gasteiger partial charge in [-0.1, -0.05) is 35.9 Å². The number of carbonyl (C=O) groups excluding carboxylic acids is 1. The van der Waals surface area contributed by atoms with Crippen molar-refractivity contribution < 1.29 is 9.21 Å². The summed E-state index contributed by atoms with van der Waals surface area (Å²) in [7, 11) is 0. The molecule has 2 aromatic carbocycles. The van der Waals surface area contributed by atoms with Crippen molar-refractivity contribution in [3.8, 4) is 0 Å². The van der Waals surface area contributed by atoms with Gasteiger partial charge in [0.2, 0.25) is 0 Å². The Morgan fingerprint density at radius 2 is 1.96 bits per heavy atom. The summed E-state index contributed by atoms with van der Waals surface area (Å²) in [6.07, 6.45) is 1.49. The summed E-state index contributed by atoms with van der Waals surface area (Å²) in [5.41, 5.74) is 5.69. The topological polar surface area (TPSA) is 60.1 Å². The number of imidazole rings is 1. The number of furan rings is 1. The molecule has 2 aromatic heterocycles. The largest absolute Gasteiger partial charge is 0.459 e. The third-order valence-corrected chi connectivity index (χ3v) is 4.72. The van der Waals surface area contributed by atoms with Crippen molar-refractivity contribution in [2.24, 2.45) is 0 Å². The van der Waals surface area contributed by atoms with Gasteiger partial charge in [-0.05, 0) is 49.2 Å². The third kappa shape index (κ3) is 3.49. The van der Waals surface area contributed by atoms with Crippen LogP contribution in [0.2, 0.25) is 0 Å². The smallest absolute Gasteiger partial charge is 0.287 e. The first-order chi connectivity index (χ1) is 13.1. The highest BCUT2D eigenvalue weighted by atomic mass is 16.3. The number of nitrogens with zero attached hydrogens (tertiary/aromatic N) is 2. The maximum atomic E-state index is 12.2. The van der Waals surface area contributed by atoms with Crippen molar-refractivity contribution in [1.82, 2.24) is 14.9 Å². The van der Waals surface area contributed by atoms with Crippen LogP contribution in [0.1, 0.15) is 33.1 Å². The summed E-state index contributed by atoms with van der Waals surface area (Å²) in [5, 5.41) is 2.90. The minimum Gasteiger partial charge on any atom is -0.459 e. The molecule has 0 spiro atoms. The van der Waals surface area contributed by atoms with Crippen LogP contribution >= 0.6 is 0 Å². The average molecular weight is 359 g/mol. The van der Waals surface area contributed by atoms with Gasteiger partial charge in [-0.3, -0.25) is 4.79 Å². The Bertz CT molecular complexity index is 1090. The van der Waals surface area contributed by atoms with Gasteiger partial charge in [0.25, 0.3) is 5.91 Å². The zero-order chi connectivity index (χ0) is 18.8. The molecule has 0 unspecified atom stereocenters. The third-order valence-electron chi connectivity index (χ3n) is 4.72. The van der Waals surface area contributed by atoms with Crippen molar-refractivity contribution in [3.63, 3.8) is 0 Å². The maximum Gasteiger partial charge on any atom is 0.287 e. The molecule has 0 fully saturated rings. The van der Waals surface area contributed by atoms with Crippen LogP contribution in [0.15, 0.2) is 65.3 Å². The number of carbonyl (C=O) groups is 1. The van der Waals surface area contributed by atoms with Crippen molar-refractivity contribution in [2.75, 3.05) is 0 Å². The van der Waals surface area contributed by atoms with E-state index in [2.05, 4.69) is 48.0 Å². The van der Waals surface area contributed by atoms with E-state index in [0.29, 0.717) is 18.8 Å². The van der Waals surface area contributed by atoms with Crippen molar-refractivity contribution in [1.29, 1.82) is 0 Å². The van der Waals surface area contributed by atoms with Crippen LogP contribution in [-0.2, 0) is 13.1 Å². The minimum absolute atomic E-state index is 0.245. The molecule has 0 atom stereocenters. The molecule has 1 N–H and O–H groups in total. The molecular formula is C22H21N3O2. The number of amides is 1. The number of hydrogen-bond donors (Lipinski definition) is 1. The molecule has 0 saturated carbocycles. The standard InChI is InChI=1S/C22H21N3O2/c1-15-9-10-16(2)17(12-15)14-25-19-7-4-3-6-18(19)24-21(25)13-23-22(26)20-8-5-11-27-20/h3-12H,13-14H2,1-2H3,(H,23,26). The monoisotopic (exact) mass is 359 g/mol. The molecule has 5 heteroatoms. The van der Waals surface area contributed by atoms with Crippen LogP contribution in [0.4, 0.5) is 0 Å². The van der Waals surface area contributed by atoms with Crippen LogP contribution in [0, 0.1) is 13.8 Å². The molecule has 4 rings (SSSR count). The number of aromatic nitrogens is 2. The number of nitrogens with one attached hydrogen (secondary N) is 1. The second kappa shape index (κ2) is 7.11. The highest BCUT2D eigenvalue weighted by Gasteiger charge is 2.14. The lowest BCUT2D eigenvalue weighted by Crippen LogP contribution is -2.24. The Hall–Kier alpha value is -3.34. The maximum absolute atomic E-state index is 12.2. The lowest BCUT2D eigenvalue weighted by atomic mass is 10.1. The zero-order valence-corrected chi connectivity index (χ0v) is 15.4. The van der Waals surface area contributed by atoms with Gasteiger partial charge in [-0.2, -0.15) is 0 Å². The SMILES string of the molecule is Cc1ccc(C)c(Cn2c(CNC(=O)c3ccco3)nc3ccccc32)c1. The molecule has 0 aliphatic rings. The summed E-state index contributed by atoms with van der Waals surface area (Å²) >= 11 is 0. The van der Waals surface area contributed by atoms with Crippen molar-refractivity contribution in [3.05, 3.63) is 89.1 Å². The van der Waals surface area contributed by atoms with Gasteiger partial charge in [0, 0.05) is 6.54 Å². The van der Waals surface area contributed by atoms with Gasteiger partial charge < -0.3 is 14.3 Å². The van der Waals surface area contributed by atoms with Gasteiger partial charge >= 0.3 is 0 Å². The van der Waals surface area contributed by atoms with Crippen molar-refractivity contribution >= 4 is 16.9 Å². The second-order valence-electron chi connectivity index (χ2n) is 6.69. The van der Waals surface area contributed by atoms with Crippen LogP contribution in [-0.4, -0.2) is 15.5 Å². The van der Waals surface area contributed by atoms with E-state index in [1.54, 1.807) is 12.1 Å². The summed E-state index contributed by atoms with van der Waals surface area (Å²) in [6.45, 7) is 5.25. The van der Waals surface area contributed by atoms with Gasteiger partial charge in [0.05, 0.1) is 23.8 Å².